The van der Waals surface area contributed by atoms with Gasteiger partial charge >= 0.3 is 0 Å². The van der Waals surface area contributed by atoms with E-state index in [-0.39, 0.29) is 5.78 Å². The molecule has 3 nitrogen and oxygen atoms in total. The van der Waals surface area contributed by atoms with Gasteiger partial charge in [0.25, 0.3) is 0 Å². The van der Waals surface area contributed by atoms with Gasteiger partial charge in [-0.2, -0.15) is 0 Å². The minimum Gasteiger partial charge on any atom is -0.371 e. The van der Waals surface area contributed by atoms with E-state index in [2.05, 4.69) is 59.3 Å². The minimum absolute atomic E-state index is 0.253. The second-order valence-corrected chi connectivity index (χ2v) is 10.2. The lowest BCUT2D eigenvalue weighted by molar-refractivity contribution is 0.103. The van der Waals surface area contributed by atoms with Crippen LogP contribution in [0.5, 0.6) is 0 Å². The number of rotatable bonds is 0. The van der Waals surface area contributed by atoms with Crippen molar-refractivity contribution < 1.29 is 4.79 Å². The third-order valence-electron chi connectivity index (χ3n) is 7.48. The quantitative estimate of drug-likeness (QED) is 0.430. The fraction of sp³-hybridized carbons (Fsp3) is 0.296. The Hall–Kier alpha value is -2.72. The van der Waals surface area contributed by atoms with Crippen LogP contribution in [-0.4, -0.2) is 25.9 Å². The van der Waals surface area contributed by atoms with E-state index in [9.17, 15) is 4.79 Å². The zero-order chi connectivity index (χ0) is 20.7. The van der Waals surface area contributed by atoms with Crippen molar-refractivity contribution in [2.75, 3.05) is 29.9 Å². The first-order valence-electron chi connectivity index (χ1n) is 11.3. The van der Waals surface area contributed by atoms with Gasteiger partial charge < -0.3 is 9.80 Å². The highest BCUT2D eigenvalue weighted by Gasteiger charge is 2.38. The lowest BCUT2D eigenvalue weighted by Gasteiger charge is -2.38. The van der Waals surface area contributed by atoms with Crippen LogP contribution in [0, 0.1) is 0 Å². The molecule has 4 aliphatic rings. The number of carbonyl (C=O) groups is 1. The van der Waals surface area contributed by atoms with E-state index in [0.29, 0.717) is 0 Å². The Bertz CT molecular complexity index is 1340. The summed E-state index contributed by atoms with van der Waals surface area (Å²) in [6.07, 6.45) is 5.41. The molecule has 0 atom stereocenters. The maximum absolute atomic E-state index is 13.7. The van der Waals surface area contributed by atoms with Crippen LogP contribution >= 0.6 is 11.8 Å². The van der Waals surface area contributed by atoms with Gasteiger partial charge in [-0.3, -0.25) is 4.79 Å². The highest BCUT2D eigenvalue weighted by Crippen LogP contribution is 2.52. The van der Waals surface area contributed by atoms with Gasteiger partial charge in [-0.15, -0.1) is 0 Å². The lowest BCUT2D eigenvalue weighted by atomic mass is 9.87. The number of carbonyl (C=O) groups excluding carboxylic acids is 1. The Labute approximate surface area is 186 Å². The molecule has 3 aromatic rings. The second-order valence-electron chi connectivity index (χ2n) is 9.17. The van der Waals surface area contributed by atoms with Crippen LogP contribution in [0.4, 0.5) is 11.4 Å². The third kappa shape index (κ3) is 2.40. The van der Waals surface area contributed by atoms with E-state index in [1.54, 1.807) is 11.8 Å². The fourth-order valence-corrected chi connectivity index (χ4v) is 7.33. The Balaban J connectivity index is 1.38. The summed E-state index contributed by atoms with van der Waals surface area (Å²) in [5, 5.41) is 3.62. The number of fused-ring (bicyclic) bond motifs is 5. The number of benzene rings is 3. The van der Waals surface area contributed by atoms with Crippen LogP contribution in [-0.2, 0) is 19.3 Å². The summed E-state index contributed by atoms with van der Waals surface area (Å²) in [6, 6.07) is 15.2. The molecule has 1 aliphatic carbocycles. The topological polar surface area (TPSA) is 23.6 Å². The minimum atomic E-state index is 0.253. The Kier molecular flexibility index (Phi) is 3.69. The average molecular weight is 425 g/mol. The number of Topliss-reactive ketones (excluding diaryl/α,β-unsaturated/α-hetero) is 1. The van der Waals surface area contributed by atoms with E-state index in [1.807, 2.05) is 0 Å². The number of allylic oxidation sites excluding steroid dienone is 1. The fourth-order valence-electron chi connectivity index (χ4n) is 6.12. The number of hydrogen-bond acceptors (Lipinski definition) is 4. The molecule has 0 unspecified atom stereocenters. The van der Waals surface area contributed by atoms with Gasteiger partial charge in [-0.25, -0.2) is 0 Å². The summed E-state index contributed by atoms with van der Waals surface area (Å²) in [7, 11) is 2.13. The zero-order valence-electron chi connectivity index (χ0n) is 17.7. The molecule has 0 saturated heterocycles. The maximum atomic E-state index is 13.7. The summed E-state index contributed by atoms with van der Waals surface area (Å²) in [5.41, 5.74) is 8.86. The van der Waals surface area contributed by atoms with Crippen LogP contribution in [0.2, 0.25) is 0 Å². The van der Waals surface area contributed by atoms with Crippen molar-refractivity contribution in [1.82, 2.24) is 0 Å². The number of anilines is 2. The predicted molar refractivity (Wildman–Crippen MR) is 129 cm³/mol. The monoisotopic (exact) mass is 424 g/mol. The van der Waals surface area contributed by atoms with Crippen molar-refractivity contribution in [3.63, 3.8) is 0 Å². The van der Waals surface area contributed by atoms with Crippen LogP contribution in [0.1, 0.15) is 39.9 Å². The van der Waals surface area contributed by atoms with Crippen LogP contribution < -0.4 is 9.80 Å². The SMILES string of the molecule is CN1/C(=C2\Cc3c(cc4c5c3CCCN5CCC4)C2=O)Sc2ccc3ccccc3c21. The third-order valence-corrected chi connectivity index (χ3v) is 8.75. The van der Waals surface area contributed by atoms with Crippen LogP contribution in [0.25, 0.3) is 10.8 Å². The average Bonchev–Trinajstić information content (AvgIpc) is 3.31. The molecule has 0 radical (unpaired) electrons. The second kappa shape index (κ2) is 6.39. The van der Waals surface area contributed by atoms with Gasteiger partial charge in [0, 0.05) is 53.7 Å². The van der Waals surface area contributed by atoms with Crippen molar-refractivity contribution in [2.24, 2.45) is 0 Å². The van der Waals surface area contributed by atoms with E-state index in [4.69, 9.17) is 0 Å². The molecule has 0 fully saturated rings. The molecule has 0 bridgehead atoms. The molecule has 3 aliphatic heterocycles. The Morgan fingerprint density at radius 2 is 1.77 bits per heavy atom. The largest absolute Gasteiger partial charge is 0.371 e. The molecule has 3 heterocycles. The predicted octanol–water partition coefficient (Wildman–Crippen LogP) is 5.73. The van der Waals surface area contributed by atoms with Gasteiger partial charge in [0.2, 0.25) is 0 Å². The maximum Gasteiger partial charge on any atom is 0.192 e. The van der Waals surface area contributed by atoms with E-state index in [0.717, 1.165) is 35.4 Å². The summed E-state index contributed by atoms with van der Waals surface area (Å²) in [6.45, 7) is 2.34. The van der Waals surface area contributed by atoms with Crippen molar-refractivity contribution in [3.05, 3.63) is 75.3 Å². The highest BCUT2D eigenvalue weighted by molar-refractivity contribution is 8.03. The molecule has 4 heteroatoms. The van der Waals surface area contributed by atoms with Crippen molar-refractivity contribution in [1.29, 1.82) is 0 Å². The Morgan fingerprint density at radius 1 is 0.935 bits per heavy atom. The lowest BCUT2D eigenvalue weighted by Crippen LogP contribution is -2.35. The molecule has 0 aromatic heterocycles. The van der Waals surface area contributed by atoms with E-state index < -0.39 is 0 Å². The number of hydrogen-bond donors (Lipinski definition) is 0. The van der Waals surface area contributed by atoms with Gasteiger partial charge in [-0.1, -0.05) is 42.1 Å². The molecule has 0 amide bonds. The summed E-state index contributed by atoms with van der Waals surface area (Å²) in [4.78, 5) is 19.8. The number of ketones is 1. The van der Waals surface area contributed by atoms with E-state index in [1.165, 1.54) is 69.7 Å². The zero-order valence-corrected chi connectivity index (χ0v) is 18.5. The van der Waals surface area contributed by atoms with Gasteiger partial charge in [0.15, 0.2) is 5.78 Å². The number of thioether (sulfide) groups is 1. The molecule has 0 saturated carbocycles. The van der Waals surface area contributed by atoms with Crippen molar-refractivity contribution >= 4 is 39.7 Å². The smallest absolute Gasteiger partial charge is 0.192 e. The molecule has 31 heavy (non-hydrogen) atoms. The molecule has 3 aromatic carbocycles. The molecular weight excluding hydrogens is 400 g/mol. The number of aryl methyl sites for hydroxylation is 1. The highest BCUT2D eigenvalue weighted by atomic mass is 32.2. The summed E-state index contributed by atoms with van der Waals surface area (Å²) >= 11 is 1.77. The van der Waals surface area contributed by atoms with Gasteiger partial charge in [0.05, 0.1) is 10.7 Å². The summed E-state index contributed by atoms with van der Waals surface area (Å²) in [5.74, 6) is 0.253. The van der Waals surface area contributed by atoms with Gasteiger partial charge in [0.1, 0.15) is 0 Å². The molecule has 0 spiro atoms. The standard InChI is InChI=1S/C27H24N2OS/c1-28-25-18-8-3-2-6-16(18)10-11-23(25)31-27(28)22-15-20-19-9-5-13-29-12-4-7-17(24(19)29)14-21(20)26(22)30/h2-3,6,8,10-11,14H,4-5,7,9,12-13,15H2,1H3/b27-22-. The summed E-state index contributed by atoms with van der Waals surface area (Å²) < 4.78 is 0. The van der Waals surface area contributed by atoms with Gasteiger partial charge in [-0.05, 0) is 59.9 Å². The van der Waals surface area contributed by atoms with Crippen molar-refractivity contribution in [2.45, 2.75) is 37.0 Å². The first kappa shape index (κ1) is 17.9. The molecule has 154 valence electrons. The first-order chi connectivity index (χ1) is 15.2. The first-order valence-corrected chi connectivity index (χ1v) is 12.2. The molecule has 7 rings (SSSR count). The van der Waals surface area contributed by atoms with Crippen LogP contribution in [0.3, 0.4) is 0 Å². The molecule has 0 N–H and O–H groups in total. The van der Waals surface area contributed by atoms with E-state index >= 15 is 0 Å². The van der Waals surface area contributed by atoms with Crippen LogP contribution in [0.15, 0.2) is 58.0 Å². The Morgan fingerprint density at radius 3 is 2.68 bits per heavy atom. The van der Waals surface area contributed by atoms with Crippen molar-refractivity contribution in [3.8, 4) is 0 Å². The normalized spacial score (nSPS) is 21.5. The molecular formula is C27H24N2OS. The number of nitrogens with zero attached hydrogens (tertiary/aromatic N) is 2.